The van der Waals surface area contributed by atoms with Gasteiger partial charge in [0.2, 0.25) is 0 Å². The fourth-order valence-corrected chi connectivity index (χ4v) is 0.928. The number of alkyl halides is 2. The third kappa shape index (κ3) is 8.23. The SMILES string of the molecule is CC(C)(C)C#C/C=C(\C=C\CCl)CCl. The lowest BCUT2D eigenvalue weighted by Crippen LogP contribution is -1.98. The van der Waals surface area contributed by atoms with Gasteiger partial charge in [-0.1, -0.05) is 24.0 Å². The van der Waals surface area contributed by atoms with Crippen LogP contribution in [0.1, 0.15) is 20.8 Å². The zero-order valence-corrected chi connectivity index (χ0v) is 10.4. The average Bonchev–Trinajstić information content (AvgIpc) is 2.09. The Kier molecular flexibility index (Phi) is 6.79. The Bertz CT molecular complexity index is 269. The van der Waals surface area contributed by atoms with Crippen molar-refractivity contribution in [1.29, 1.82) is 0 Å². The maximum atomic E-state index is 5.72. The number of halogens is 2. The summed E-state index contributed by atoms with van der Waals surface area (Å²) < 4.78 is 0. The van der Waals surface area contributed by atoms with Gasteiger partial charge < -0.3 is 0 Å². The van der Waals surface area contributed by atoms with Crippen LogP contribution in [0.3, 0.4) is 0 Å². The fraction of sp³-hybridized carbons (Fsp3) is 0.500. The van der Waals surface area contributed by atoms with E-state index in [-0.39, 0.29) is 5.41 Å². The second kappa shape index (κ2) is 6.98. The number of rotatable bonds is 3. The topological polar surface area (TPSA) is 0 Å². The molecular weight excluding hydrogens is 215 g/mol. The van der Waals surface area contributed by atoms with Crippen molar-refractivity contribution in [3.63, 3.8) is 0 Å². The van der Waals surface area contributed by atoms with Crippen molar-refractivity contribution in [2.75, 3.05) is 11.8 Å². The molecule has 0 bridgehead atoms. The molecule has 0 aliphatic carbocycles. The summed E-state index contributed by atoms with van der Waals surface area (Å²) >= 11 is 11.2. The highest BCUT2D eigenvalue weighted by Gasteiger charge is 2.02. The standard InChI is InChI=1S/C12H16Cl2/c1-12(2,3)8-4-6-11(10-14)7-5-9-13/h5-7H,9-10H2,1-3H3/b7-5+,11-6+. The number of hydrogen-bond acceptors (Lipinski definition) is 0. The van der Waals surface area contributed by atoms with Gasteiger partial charge in [0.05, 0.1) is 0 Å². The molecule has 0 amide bonds. The first-order valence-electron chi connectivity index (χ1n) is 4.50. The first-order valence-corrected chi connectivity index (χ1v) is 5.56. The Labute approximate surface area is 97.0 Å². The third-order valence-electron chi connectivity index (χ3n) is 1.28. The van der Waals surface area contributed by atoms with Gasteiger partial charge in [0.25, 0.3) is 0 Å². The summed E-state index contributed by atoms with van der Waals surface area (Å²) in [5.41, 5.74) is 1.02. The molecule has 0 saturated heterocycles. The van der Waals surface area contributed by atoms with Crippen LogP contribution in [0.15, 0.2) is 23.8 Å². The van der Waals surface area contributed by atoms with E-state index in [0.29, 0.717) is 11.8 Å². The van der Waals surface area contributed by atoms with Crippen molar-refractivity contribution in [2.24, 2.45) is 5.41 Å². The molecule has 14 heavy (non-hydrogen) atoms. The third-order valence-corrected chi connectivity index (χ3v) is 1.77. The zero-order valence-electron chi connectivity index (χ0n) is 8.90. The molecule has 0 aliphatic heterocycles. The normalized spacial score (nSPS) is 12.8. The van der Waals surface area contributed by atoms with Crippen LogP contribution in [0.2, 0.25) is 0 Å². The van der Waals surface area contributed by atoms with Crippen LogP contribution in [-0.2, 0) is 0 Å². The highest BCUT2D eigenvalue weighted by Crippen LogP contribution is 2.10. The Morgan fingerprint density at radius 2 is 1.93 bits per heavy atom. The van der Waals surface area contributed by atoms with Crippen LogP contribution >= 0.6 is 23.2 Å². The predicted octanol–water partition coefficient (Wildman–Crippen LogP) is 4.00. The van der Waals surface area contributed by atoms with Gasteiger partial charge in [0, 0.05) is 17.2 Å². The molecule has 78 valence electrons. The van der Waals surface area contributed by atoms with Gasteiger partial charge in [0.15, 0.2) is 0 Å². The molecule has 0 nitrogen and oxygen atoms in total. The van der Waals surface area contributed by atoms with Crippen molar-refractivity contribution in [1.82, 2.24) is 0 Å². The first kappa shape index (κ1) is 13.6. The molecule has 0 fully saturated rings. The maximum Gasteiger partial charge on any atom is 0.0480 e. The molecule has 0 rings (SSSR count). The molecule has 0 aliphatic rings. The van der Waals surface area contributed by atoms with Gasteiger partial charge in [-0.15, -0.1) is 23.2 Å². The summed E-state index contributed by atoms with van der Waals surface area (Å²) in [6.07, 6.45) is 5.59. The van der Waals surface area contributed by atoms with Crippen molar-refractivity contribution in [3.05, 3.63) is 23.8 Å². The van der Waals surface area contributed by atoms with Crippen molar-refractivity contribution in [3.8, 4) is 11.8 Å². The van der Waals surface area contributed by atoms with E-state index >= 15 is 0 Å². The smallest absolute Gasteiger partial charge is 0.0480 e. The summed E-state index contributed by atoms with van der Waals surface area (Å²) in [6, 6.07) is 0. The van der Waals surface area contributed by atoms with Gasteiger partial charge in [-0.25, -0.2) is 0 Å². The van der Waals surface area contributed by atoms with Crippen molar-refractivity contribution < 1.29 is 0 Å². The fourth-order valence-electron chi connectivity index (χ4n) is 0.672. The highest BCUT2D eigenvalue weighted by atomic mass is 35.5. The van der Waals surface area contributed by atoms with Crippen LogP contribution in [-0.4, -0.2) is 11.8 Å². The Morgan fingerprint density at radius 3 is 2.36 bits per heavy atom. The molecule has 0 aromatic heterocycles. The van der Waals surface area contributed by atoms with Gasteiger partial charge in [-0.2, -0.15) is 0 Å². The van der Waals surface area contributed by atoms with E-state index in [1.54, 1.807) is 0 Å². The molecule has 0 saturated carbocycles. The van der Waals surface area contributed by atoms with Gasteiger partial charge >= 0.3 is 0 Å². The minimum Gasteiger partial charge on any atom is -0.122 e. The van der Waals surface area contributed by atoms with Crippen LogP contribution in [0.4, 0.5) is 0 Å². The minimum atomic E-state index is 0.0319. The summed E-state index contributed by atoms with van der Waals surface area (Å²) in [5, 5.41) is 0. The Morgan fingerprint density at radius 1 is 1.29 bits per heavy atom. The minimum absolute atomic E-state index is 0.0319. The van der Waals surface area contributed by atoms with E-state index in [4.69, 9.17) is 23.2 Å². The van der Waals surface area contributed by atoms with E-state index in [0.717, 1.165) is 5.57 Å². The van der Waals surface area contributed by atoms with Crippen LogP contribution in [0.5, 0.6) is 0 Å². The monoisotopic (exact) mass is 230 g/mol. The molecule has 0 heterocycles. The molecule has 0 radical (unpaired) electrons. The summed E-state index contributed by atoms with van der Waals surface area (Å²) in [5.74, 6) is 7.07. The van der Waals surface area contributed by atoms with Crippen molar-refractivity contribution in [2.45, 2.75) is 20.8 Å². The molecular formula is C12H16Cl2. The maximum absolute atomic E-state index is 5.72. The molecule has 0 unspecified atom stereocenters. The molecule has 2 heteroatoms. The second-order valence-electron chi connectivity index (χ2n) is 3.93. The Hall–Kier alpha value is -0.380. The van der Waals surface area contributed by atoms with Crippen LogP contribution in [0.25, 0.3) is 0 Å². The van der Waals surface area contributed by atoms with E-state index in [2.05, 4.69) is 32.6 Å². The number of allylic oxidation sites excluding steroid dienone is 4. The number of hydrogen-bond donors (Lipinski definition) is 0. The molecule has 0 spiro atoms. The highest BCUT2D eigenvalue weighted by molar-refractivity contribution is 6.20. The molecule has 0 aromatic rings. The van der Waals surface area contributed by atoms with Gasteiger partial charge in [-0.05, 0) is 32.4 Å². The largest absolute Gasteiger partial charge is 0.122 e. The van der Waals surface area contributed by atoms with E-state index in [1.807, 2.05) is 18.2 Å². The predicted molar refractivity (Wildman–Crippen MR) is 65.9 cm³/mol. The first-order chi connectivity index (χ1) is 6.49. The van der Waals surface area contributed by atoms with Crippen LogP contribution in [0, 0.1) is 17.3 Å². The van der Waals surface area contributed by atoms with E-state index in [1.165, 1.54) is 0 Å². The Balaban J connectivity index is 4.44. The molecule has 0 atom stereocenters. The lowest BCUT2D eigenvalue weighted by Gasteiger charge is -2.06. The second-order valence-corrected chi connectivity index (χ2v) is 4.50. The average molecular weight is 231 g/mol. The molecule has 0 aromatic carbocycles. The quantitative estimate of drug-likeness (QED) is 0.391. The van der Waals surface area contributed by atoms with Gasteiger partial charge in [0.1, 0.15) is 0 Å². The van der Waals surface area contributed by atoms with Crippen LogP contribution < -0.4 is 0 Å². The van der Waals surface area contributed by atoms with E-state index in [9.17, 15) is 0 Å². The van der Waals surface area contributed by atoms with Gasteiger partial charge in [-0.3, -0.25) is 0 Å². The lowest BCUT2D eigenvalue weighted by atomic mass is 9.98. The van der Waals surface area contributed by atoms with Crippen molar-refractivity contribution >= 4 is 23.2 Å². The van der Waals surface area contributed by atoms with E-state index < -0.39 is 0 Å². The zero-order chi connectivity index (χ0) is 11.0. The summed E-state index contributed by atoms with van der Waals surface area (Å²) in [7, 11) is 0. The summed E-state index contributed by atoms with van der Waals surface area (Å²) in [6.45, 7) is 6.22. The summed E-state index contributed by atoms with van der Waals surface area (Å²) in [4.78, 5) is 0. The lowest BCUT2D eigenvalue weighted by molar-refractivity contribution is 0.571. The molecule has 0 N–H and O–H groups in total.